The number of carbonyl (C=O) groups excluding carboxylic acids is 1. The molecule has 2 aliphatic carbocycles. The lowest BCUT2D eigenvalue weighted by Crippen LogP contribution is -2.26. The maximum atomic E-state index is 12.5. The monoisotopic (exact) mass is 274 g/mol. The Labute approximate surface area is 121 Å². The topological polar surface area (TPSA) is 34.9 Å². The van der Waals surface area contributed by atoms with Crippen LogP contribution in [0.5, 0.6) is 0 Å². The molecule has 2 fully saturated rings. The van der Waals surface area contributed by atoms with E-state index in [2.05, 4.69) is 22.9 Å². The van der Waals surface area contributed by atoms with Gasteiger partial charge in [-0.05, 0) is 31.7 Å². The van der Waals surface area contributed by atoms with Crippen molar-refractivity contribution < 1.29 is 4.79 Å². The van der Waals surface area contributed by atoms with Crippen LogP contribution in [0, 0.1) is 5.41 Å². The first kappa shape index (κ1) is 13.8. The molecule has 2 aliphatic rings. The van der Waals surface area contributed by atoms with Crippen molar-refractivity contribution in [3.05, 3.63) is 18.0 Å². The largest absolute Gasteiger partial charge is 0.299 e. The van der Waals surface area contributed by atoms with Gasteiger partial charge < -0.3 is 0 Å². The van der Waals surface area contributed by atoms with E-state index in [4.69, 9.17) is 0 Å². The SMILES string of the molecule is CC1(C(=O)Cc2ccn(C3CCCCC3)n2)CCCC1. The number of hydrogen-bond acceptors (Lipinski definition) is 2. The lowest BCUT2D eigenvalue weighted by Gasteiger charge is -2.22. The highest BCUT2D eigenvalue weighted by Crippen LogP contribution is 2.39. The Bertz CT molecular complexity index is 465. The van der Waals surface area contributed by atoms with Crippen molar-refractivity contribution in [2.24, 2.45) is 5.41 Å². The van der Waals surface area contributed by atoms with Crippen LogP contribution in [0.1, 0.15) is 76.4 Å². The molecular weight excluding hydrogens is 248 g/mol. The van der Waals surface area contributed by atoms with E-state index in [1.165, 1.54) is 44.9 Å². The number of ketones is 1. The minimum Gasteiger partial charge on any atom is -0.299 e. The van der Waals surface area contributed by atoms with Gasteiger partial charge in [-0.3, -0.25) is 9.48 Å². The minimum atomic E-state index is -0.0748. The fourth-order valence-corrected chi connectivity index (χ4v) is 3.83. The van der Waals surface area contributed by atoms with E-state index in [-0.39, 0.29) is 5.41 Å². The Morgan fingerprint density at radius 1 is 1.25 bits per heavy atom. The summed E-state index contributed by atoms with van der Waals surface area (Å²) in [6.45, 7) is 2.14. The van der Waals surface area contributed by atoms with Crippen LogP contribution in [0.15, 0.2) is 12.3 Å². The molecule has 3 heteroatoms. The van der Waals surface area contributed by atoms with Crippen molar-refractivity contribution in [1.82, 2.24) is 9.78 Å². The molecule has 0 radical (unpaired) electrons. The van der Waals surface area contributed by atoms with Crippen molar-refractivity contribution in [3.63, 3.8) is 0 Å². The lowest BCUT2D eigenvalue weighted by molar-refractivity contribution is -0.127. The summed E-state index contributed by atoms with van der Waals surface area (Å²) in [5.74, 6) is 0.392. The van der Waals surface area contributed by atoms with Gasteiger partial charge in [-0.1, -0.05) is 39.0 Å². The van der Waals surface area contributed by atoms with E-state index in [1.807, 2.05) is 6.07 Å². The highest BCUT2D eigenvalue weighted by Gasteiger charge is 2.35. The molecule has 0 saturated heterocycles. The number of carbonyl (C=O) groups is 1. The molecule has 0 N–H and O–H groups in total. The molecule has 0 atom stereocenters. The summed E-state index contributed by atoms with van der Waals surface area (Å²) in [6.07, 6.45) is 13.6. The predicted octanol–water partition coefficient (Wildman–Crippen LogP) is 4.08. The highest BCUT2D eigenvalue weighted by atomic mass is 16.1. The first-order valence-electron chi connectivity index (χ1n) is 8.25. The number of Topliss-reactive ketones (excluding diaryl/α,β-unsaturated/α-hetero) is 1. The molecular formula is C17H26N2O. The maximum Gasteiger partial charge on any atom is 0.144 e. The molecule has 3 rings (SSSR count). The summed E-state index contributed by atoms with van der Waals surface area (Å²) in [4.78, 5) is 12.5. The molecule has 1 heterocycles. The Morgan fingerprint density at radius 3 is 2.65 bits per heavy atom. The molecule has 1 aromatic rings. The van der Waals surface area contributed by atoms with Crippen LogP contribution in [0.3, 0.4) is 0 Å². The van der Waals surface area contributed by atoms with E-state index in [0.29, 0.717) is 18.2 Å². The molecule has 0 aromatic carbocycles. The second-order valence-electron chi connectivity index (χ2n) is 6.95. The third-order valence-electron chi connectivity index (χ3n) is 5.33. The standard InChI is InChI=1S/C17H26N2O/c1-17(10-5-6-11-17)16(20)13-14-9-12-19(18-14)15-7-3-2-4-8-15/h9,12,15H,2-8,10-11,13H2,1H3. The van der Waals surface area contributed by atoms with Gasteiger partial charge in [0.1, 0.15) is 5.78 Å². The Balaban J connectivity index is 1.63. The van der Waals surface area contributed by atoms with Crippen LogP contribution in [-0.2, 0) is 11.2 Å². The van der Waals surface area contributed by atoms with Crippen LogP contribution < -0.4 is 0 Å². The van der Waals surface area contributed by atoms with Gasteiger partial charge in [0.15, 0.2) is 0 Å². The van der Waals surface area contributed by atoms with E-state index >= 15 is 0 Å². The fourth-order valence-electron chi connectivity index (χ4n) is 3.83. The van der Waals surface area contributed by atoms with E-state index in [0.717, 1.165) is 18.5 Å². The zero-order valence-electron chi connectivity index (χ0n) is 12.6. The van der Waals surface area contributed by atoms with Crippen LogP contribution in [0.4, 0.5) is 0 Å². The first-order chi connectivity index (χ1) is 9.67. The molecule has 0 aliphatic heterocycles. The molecule has 0 bridgehead atoms. The van der Waals surface area contributed by atoms with Crippen molar-refractivity contribution in [1.29, 1.82) is 0 Å². The Morgan fingerprint density at radius 2 is 1.95 bits per heavy atom. The molecule has 0 unspecified atom stereocenters. The van der Waals surface area contributed by atoms with E-state index < -0.39 is 0 Å². The van der Waals surface area contributed by atoms with Gasteiger partial charge in [0, 0.05) is 11.6 Å². The molecule has 3 nitrogen and oxygen atoms in total. The summed E-state index contributed by atoms with van der Waals surface area (Å²) in [5, 5.41) is 4.67. The van der Waals surface area contributed by atoms with Crippen LogP contribution >= 0.6 is 0 Å². The van der Waals surface area contributed by atoms with Gasteiger partial charge in [-0.15, -0.1) is 0 Å². The Hall–Kier alpha value is -1.12. The third-order valence-corrected chi connectivity index (χ3v) is 5.33. The van der Waals surface area contributed by atoms with Crippen LogP contribution in [0.25, 0.3) is 0 Å². The smallest absolute Gasteiger partial charge is 0.144 e. The van der Waals surface area contributed by atoms with Crippen LogP contribution in [0.2, 0.25) is 0 Å². The fraction of sp³-hybridized carbons (Fsp3) is 0.765. The zero-order chi connectivity index (χ0) is 14.0. The van der Waals surface area contributed by atoms with Gasteiger partial charge in [0.25, 0.3) is 0 Å². The molecule has 110 valence electrons. The first-order valence-corrected chi connectivity index (χ1v) is 8.25. The van der Waals surface area contributed by atoms with Gasteiger partial charge >= 0.3 is 0 Å². The predicted molar refractivity (Wildman–Crippen MR) is 79.6 cm³/mol. The third kappa shape index (κ3) is 2.82. The quantitative estimate of drug-likeness (QED) is 0.829. The summed E-state index contributed by atoms with van der Waals surface area (Å²) >= 11 is 0. The molecule has 20 heavy (non-hydrogen) atoms. The zero-order valence-corrected chi connectivity index (χ0v) is 12.6. The second-order valence-corrected chi connectivity index (χ2v) is 6.95. The van der Waals surface area contributed by atoms with Crippen molar-refractivity contribution >= 4 is 5.78 Å². The van der Waals surface area contributed by atoms with Gasteiger partial charge in [0.2, 0.25) is 0 Å². The number of aromatic nitrogens is 2. The van der Waals surface area contributed by atoms with Crippen molar-refractivity contribution in [3.8, 4) is 0 Å². The van der Waals surface area contributed by atoms with Crippen molar-refractivity contribution in [2.45, 2.75) is 77.2 Å². The molecule has 2 saturated carbocycles. The normalized spacial score (nSPS) is 23.1. The Kier molecular flexibility index (Phi) is 3.95. The van der Waals surface area contributed by atoms with Gasteiger partial charge in [-0.2, -0.15) is 5.10 Å². The summed E-state index contributed by atoms with van der Waals surface area (Å²) < 4.78 is 2.11. The highest BCUT2D eigenvalue weighted by molar-refractivity contribution is 5.86. The molecule has 0 amide bonds. The number of rotatable bonds is 4. The van der Waals surface area contributed by atoms with Crippen LogP contribution in [-0.4, -0.2) is 15.6 Å². The van der Waals surface area contributed by atoms with Gasteiger partial charge in [-0.25, -0.2) is 0 Å². The summed E-state index contributed by atoms with van der Waals surface area (Å²) in [5.41, 5.74) is 0.892. The number of nitrogens with zero attached hydrogens (tertiary/aromatic N) is 2. The average Bonchev–Trinajstić information content (AvgIpc) is 3.10. The minimum absolute atomic E-state index is 0.0748. The molecule has 1 aromatic heterocycles. The van der Waals surface area contributed by atoms with E-state index in [1.54, 1.807) is 0 Å². The summed E-state index contributed by atoms with van der Waals surface area (Å²) in [6, 6.07) is 2.61. The molecule has 0 spiro atoms. The summed E-state index contributed by atoms with van der Waals surface area (Å²) in [7, 11) is 0. The lowest BCUT2D eigenvalue weighted by atomic mass is 9.82. The second kappa shape index (κ2) is 5.71. The van der Waals surface area contributed by atoms with E-state index in [9.17, 15) is 4.79 Å². The van der Waals surface area contributed by atoms with Crippen molar-refractivity contribution in [2.75, 3.05) is 0 Å². The van der Waals surface area contributed by atoms with Gasteiger partial charge in [0.05, 0.1) is 18.2 Å². The maximum absolute atomic E-state index is 12.5. The number of hydrogen-bond donors (Lipinski definition) is 0. The average molecular weight is 274 g/mol.